The molecule has 1 atom stereocenters. The maximum atomic E-state index is 12.9. The van der Waals surface area contributed by atoms with E-state index in [0.29, 0.717) is 10.6 Å². The molecule has 7 heteroatoms. The fourth-order valence-electron chi connectivity index (χ4n) is 3.00. The Labute approximate surface area is 137 Å². The molecule has 3 aromatic heterocycles. The first kappa shape index (κ1) is 14.2. The maximum absolute atomic E-state index is 12.9. The molecule has 0 aromatic carbocycles. The van der Waals surface area contributed by atoms with Crippen LogP contribution in [0.15, 0.2) is 41.4 Å². The van der Waals surface area contributed by atoms with Gasteiger partial charge in [0, 0.05) is 25.4 Å². The molecule has 0 N–H and O–H groups in total. The second kappa shape index (κ2) is 5.66. The van der Waals surface area contributed by atoms with E-state index < -0.39 is 0 Å². The molecule has 1 aliphatic rings. The first-order valence-corrected chi connectivity index (χ1v) is 8.33. The van der Waals surface area contributed by atoms with Crippen LogP contribution in [0.1, 0.15) is 34.1 Å². The highest BCUT2D eigenvalue weighted by Gasteiger charge is 2.32. The summed E-state index contributed by atoms with van der Waals surface area (Å²) in [5.41, 5.74) is 1.09. The van der Waals surface area contributed by atoms with Crippen molar-refractivity contribution in [1.29, 1.82) is 0 Å². The Morgan fingerprint density at radius 2 is 2.35 bits per heavy atom. The molecule has 4 rings (SSSR count). The molecule has 1 aliphatic heterocycles. The van der Waals surface area contributed by atoms with Crippen LogP contribution in [-0.4, -0.2) is 32.1 Å². The molecular formula is C16H16N4O2S. The summed E-state index contributed by atoms with van der Waals surface area (Å²) in [5.74, 6) is 0.728. The number of nitrogens with zero attached hydrogens (tertiary/aromatic N) is 4. The van der Waals surface area contributed by atoms with Gasteiger partial charge in [-0.1, -0.05) is 0 Å². The molecule has 0 saturated carbocycles. The summed E-state index contributed by atoms with van der Waals surface area (Å²) in [4.78, 5) is 19.7. The average Bonchev–Trinajstić information content (AvgIpc) is 3.31. The average molecular weight is 328 g/mol. The molecule has 0 aliphatic carbocycles. The fourth-order valence-corrected chi connectivity index (χ4v) is 3.84. The summed E-state index contributed by atoms with van der Waals surface area (Å²) in [6, 6.07) is 3.77. The normalized spacial score (nSPS) is 17.8. The Bertz CT molecular complexity index is 821. The van der Waals surface area contributed by atoms with E-state index in [-0.39, 0.29) is 11.9 Å². The highest BCUT2D eigenvalue weighted by atomic mass is 32.1. The summed E-state index contributed by atoms with van der Waals surface area (Å²) < 4.78 is 7.12. The summed E-state index contributed by atoms with van der Waals surface area (Å²) in [6.45, 7) is 0.770. The van der Waals surface area contributed by atoms with Crippen molar-refractivity contribution in [2.24, 2.45) is 7.05 Å². The first-order chi connectivity index (χ1) is 11.2. The van der Waals surface area contributed by atoms with E-state index in [1.54, 1.807) is 17.1 Å². The van der Waals surface area contributed by atoms with Gasteiger partial charge in [-0.2, -0.15) is 5.10 Å². The highest BCUT2D eigenvalue weighted by Crippen LogP contribution is 2.34. The molecule has 118 valence electrons. The van der Waals surface area contributed by atoms with Crippen LogP contribution in [0, 0.1) is 0 Å². The van der Waals surface area contributed by atoms with E-state index in [1.807, 2.05) is 36.5 Å². The molecule has 23 heavy (non-hydrogen) atoms. The molecule has 0 spiro atoms. The molecule has 0 bridgehead atoms. The molecule has 1 unspecified atom stereocenters. The van der Waals surface area contributed by atoms with Gasteiger partial charge in [-0.3, -0.25) is 9.48 Å². The monoisotopic (exact) mass is 328 g/mol. The molecule has 4 heterocycles. The van der Waals surface area contributed by atoms with Crippen LogP contribution in [-0.2, 0) is 7.05 Å². The van der Waals surface area contributed by atoms with Gasteiger partial charge in [-0.25, -0.2) is 4.98 Å². The van der Waals surface area contributed by atoms with Gasteiger partial charge in [0.1, 0.15) is 4.88 Å². The lowest BCUT2D eigenvalue weighted by Gasteiger charge is -2.23. The molecule has 3 aromatic rings. The van der Waals surface area contributed by atoms with Crippen molar-refractivity contribution in [1.82, 2.24) is 19.7 Å². The number of aryl methyl sites for hydroxylation is 1. The number of carbonyl (C=O) groups is 1. The van der Waals surface area contributed by atoms with E-state index in [0.717, 1.165) is 30.0 Å². The Kier molecular flexibility index (Phi) is 3.49. The van der Waals surface area contributed by atoms with Gasteiger partial charge in [-0.05, 0) is 25.0 Å². The Balaban J connectivity index is 1.58. The zero-order chi connectivity index (χ0) is 15.8. The standard InChI is InChI=1S/C16H16N4O2S/c1-19-10-11(8-18-19)12-4-2-6-20(12)16(21)14-9-17-15(23-14)13-5-3-7-22-13/h3,5,7-10,12H,2,4,6H2,1H3. The zero-order valence-corrected chi connectivity index (χ0v) is 13.5. The lowest BCUT2D eigenvalue weighted by molar-refractivity contribution is 0.0740. The number of likely N-dealkylation sites (tertiary alicyclic amines) is 1. The Morgan fingerprint density at radius 3 is 3.09 bits per heavy atom. The number of thiazole rings is 1. The summed E-state index contributed by atoms with van der Waals surface area (Å²) in [5, 5.41) is 4.95. The maximum Gasteiger partial charge on any atom is 0.266 e. The second-order valence-corrected chi connectivity index (χ2v) is 6.64. The number of rotatable bonds is 3. The Hall–Kier alpha value is -2.41. The smallest absolute Gasteiger partial charge is 0.266 e. The van der Waals surface area contributed by atoms with Gasteiger partial charge >= 0.3 is 0 Å². The van der Waals surface area contributed by atoms with Crippen LogP contribution >= 0.6 is 11.3 Å². The Morgan fingerprint density at radius 1 is 1.43 bits per heavy atom. The number of hydrogen-bond donors (Lipinski definition) is 0. The van der Waals surface area contributed by atoms with Crippen LogP contribution in [0.3, 0.4) is 0 Å². The molecule has 0 radical (unpaired) electrons. The van der Waals surface area contributed by atoms with Crippen LogP contribution in [0.2, 0.25) is 0 Å². The van der Waals surface area contributed by atoms with Crippen LogP contribution in [0.25, 0.3) is 10.8 Å². The van der Waals surface area contributed by atoms with E-state index in [9.17, 15) is 4.79 Å². The molecule has 1 fully saturated rings. The van der Waals surface area contributed by atoms with Crippen molar-refractivity contribution in [3.63, 3.8) is 0 Å². The summed E-state index contributed by atoms with van der Waals surface area (Å²) in [7, 11) is 1.89. The minimum absolute atomic E-state index is 0.0339. The molecule has 1 amide bonds. The third-order valence-electron chi connectivity index (χ3n) is 4.07. The quantitative estimate of drug-likeness (QED) is 0.741. The topological polar surface area (TPSA) is 64.2 Å². The zero-order valence-electron chi connectivity index (χ0n) is 12.7. The van der Waals surface area contributed by atoms with Gasteiger partial charge in [0.25, 0.3) is 5.91 Å². The number of furan rings is 1. The molecule has 1 saturated heterocycles. The predicted molar refractivity (Wildman–Crippen MR) is 86.0 cm³/mol. The van der Waals surface area contributed by atoms with Crippen molar-refractivity contribution in [2.75, 3.05) is 6.54 Å². The van der Waals surface area contributed by atoms with Crippen molar-refractivity contribution in [2.45, 2.75) is 18.9 Å². The van der Waals surface area contributed by atoms with Crippen molar-refractivity contribution >= 4 is 17.2 Å². The number of aromatic nitrogens is 3. The van der Waals surface area contributed by atoms with Gasteiger partial charge < -0.3 is 9.32 Å². The largest absolute Gasteiger partial charge is 0.462 e. The summed E-state index contributed by atoms with van der Waals surface area (Å²) >= 11 is 1.37. The number of hydrogen-bond acceptors (Lipinski definition) is 5. The molecular weight excluding hydrogens is 312 g/mol. The molecule has 6 nitrogen and oxygen atoms in total. The number of carbonyl (C=O) groups excluding carboxylic acids is 1. The van der Waals surface area contributed by atoms with Crippen molar-refractivity contribution < 1.29 is 9.21 Å². The van der Waals surface area contributed by atoms with E-state index in [1.165, 1.54) is 11.3 Å². The lowest BCUT2D eigenvalue weighted by Crippen LogP contribution is -2.29. The van der Waals surface area contributed by atoms with Crippen LogP contribution < -0.4 is 0 Å². The predicted octanol–water partition coefficient (Wildman–Crippen LogP) is 3.11. The van der Waals surface area contributed by atoms with E-state index >= 15 is 0 Å². The van der Waals surface area contributed by atoms with E-state index in [4.69, 9.17) is 4.42 Å². The van der Waals surface area contributed by atoms with Gasteiger partial charge in [0.2, 0.25) is 0 Å². The van der Waals surface area contributed by atoms with Crippen molar-refractivity contribution in [3.8, 4) is 10.8 Å². The van der Waals surface area contributed by atoms with Gasteiger partial charge in [0.05, 0.1) is 24.7 Å². The summed E-state index contributed by atoms with van der Waals surface area (Å²) in [6.07, 6.45) is 9.06. The third-order valence-corrected chi connectivity index (χ3v) is 5.07. The third kappa shape index (κ3) is 2.57. The lowest BCUT2D eigenvalue weighted by atomic mass is 10.1. The SMILES string of the molecule is Cn1cc(C2CCCN2C(=O)c2cnc(-c3ccco3)s2)cn1. The second-order valence-electron chi connectivity index (χ2n) is 5.61. The van der Waals surface area contributed by atoms with Gasteiger partial charge in [-0.15, -0.1) is 11.3 Å². The minimum Gasteiger partial charge on any atom is -0.462 e. The highest BCUT2D eigenvalue weighted by molar-refractivity contribution is 7.16. The van der Waals surface area contributed by atoms with Crippen LogP contribution in [0.4, 0.5) is 0 Å². The minimum atomic E-state index is 0.0339. The number of amides is 1. The van der Waals surface area contributed by atoms with Crippen molar-refractivity contribution in [3.05, 3.63) is 47.4 Å². The fraction of sp³-hybridized carbons (Fsp3) is 0.312. The van der Waals surface area contributed by atoms with Crippen LogP contribution in [0.5, 0.6) is 0 Å². The van der Waals surface area contributed by atoms with E-state index in [2.05, 4.69) is 10.1 Å². The van der Waals surface area contributed by atoms with Gasteiger partial charge in [0.15, 0.2) is 10.8 Å². The first-order valence-electron chi connectivity index (χ1n) is 7.51.